The summed E-state index contributed by atoms with van der Waals surface area (Å²) in [6.07, 6.45) is 0.234. The topological polar surface area (TPSA) is 96.5 Å². The highest BCUT2D eigenvalue weighted by molar-refractivity contribution is 5.81. The molecule has 134 valence electrons. The average Bonchev–Trinajstić information content (AvgIpc) is 3.01. The smallest absolute Gasteiger partial charge is 0.323 e. The molecule has 0 saturated carbocycles. The highest BCUT2D eigenvalue weighted by atomic mass is 19.1. The number of benzene rings is 1. The zero-order valence-corrected chi connectivity index (χ0v) is 14.3. The molecule has 1 aromatic carbocycles. The van der Waals surface area contributed by atoms with Gasteiger partial charge in [-0.2, -0.15) is 4.98 Å². The molecule has 25 heavy (non-hydrogen) atoms. The van der Waals surface area contributed by atoms with E-state index in [-0.39, 0.29) is 48.9 Å². The van der Waals surface area contributed by atoms with Gasteiger partial charge >= 0.3 is 5.97 Å². The number of hydrogen-bond acceptors (Lipinski definition) is 5. The Bertz CT molecular complexity index is 773. The molecule has 1 heterocycles. The van der Waals surface area contributed by atoms with Crippen molar-refractivity contribution in [3.8, 4) is 11.4 Å². The van der Waals surface area contributed by atoms with Crippen LogP contribution in [0.4, 0.5) is 4.39 Å². The molecule has 0 aliphatic rings. The van der Waals surface area contributed by atoms with Crippen LogP contribution in [0, 0.1) is 12.7 Å². The number of carbonyl (C=O) groups is 2. The van der Waals surface area contributed by atoms with E-state index in [4.69, 9.17) is 9.63 Å². The van der Waals surface area contributed by atoms with Crippen LogP contribution in [0.3, 0.4) is 0 Å². The van der Waals surface area contributed by atoms with Crippen molar-refractivity contribution in [3.05, 3.63) is 35.5 Å². The van der Waals surface area contributed by atoms with Gasteiger partial charge in [-0.25, -0.2) is 4.39 Å². The quantitative estimate of drug-likeness (QED) is 0.825. The molecule has 0 spiro atoms. The third-order valence-corrected chi connectivity index (χ3v) is 3.70. The highest BCUT2D eigenvalue weighted by Crippen LogP contribution is 2.19. The number of nitrogens with zero attached hydrogens (tertiary/aromatic N) is 3. The van der Waals surface area contributed by atoms with Gasteiger partial charge in [-0.15, -0.1) is 0 Å². The zero-order chi connectivity index (χ0) is 18.6. The second-order valence-electron chi connectivity index (χ2n) is 5.98. The zero-order valence-electron chi connectivity index (χ0n) is 14.3. The highest BCUT2D eigenvalue weighted by Gasteiger charge is 2.20. The fraction of sp³-hybridized carbons (Fsp3) is 0.412. The van der Waals surface area contributed by atoms with Crippen molar-refractivity contribution < 1.29 is 23.6 Å². The summed E-state index contributed by atoms with van der Waals surface area (Å²) >= 11 is 0. The molecule has 0 radical (unpaired) electrons. The van der Waals surface area contributed by atoms with Gasteiger partial charge in [0.15, 0.2) is 0 Å². The number of aryl methyl sites for hydroxylation is 2. The third kappa shape index (κ3) is 4.85. The van der Waals surface area contributed by atoms with E-state index < -0.39 is 5.97 Å². The first-order valence-corrected chi connectivity index (χ1v) is 7.88. The van der Waals surface area contributed by atoms with Gasteiger partial charge in [-0.1, -0.05) is 17.3 Å². The summed E-state index contributed by atoms with van der Waals surface area (Å²) in [5, 5.41) is 12.7. The number of rotatable bonds is 7. The van der Waals surface area contributed by atoms with Crippen LogP contribution in [0.2, 0.25) is 0 Å². The van der Waals surface area contributed by atoms with E-state index in [1.165, 1.54) is 11.0 Å². The maximum Gasteiger partial charge on any atom is 0.323 e. The van der Waals surface area contributed by atoms with Crippen LogP contribution in [0.15, 0.2) is 22.7 Å². The summed E-state index contributed by atoms with van der Waals surface area (Å²) in [6, 6.07) is 4.40. The minimum atomic E-state index is -1.07. The van der Waals surface area contributed by atoms with Crippen molar-refractivity contribution in [2.75, 3.05) is 6.54 Å². The predicted molar refractivity (Wildman–Crippen MR) is 87.2 cm³/mol. The monoisotopic (exact) mass is 349 g/mol. The van der Waals surface area contributed by atoms with Gasteiger partial charge in [0.25, 0.3) is 0 Å². The number of halogens is 1. The maximum absolute atomic E-state index is 13.6. The van der Waals surface area contributed by atoms with E-state index >= 15 is 0 Å². The molecule has 1 N–H and O–H groups in total. The van der Waals surface area contributed by atoms with Crippen molar-refractivity contribution in [2.24, 2.45) is 0 Å². The van der Waals surface area contributed by atoms with Gasteiger partial charge in [0.1, 0.15) is 12.4 Å². The molecule has 7 nitrogen and oxygen atoms in total. The molecule has 0 bridgehead atoms. The van der Waals surface area contributed by atoms with Crippen LogP contribution in [0.1, 0.15) is 31.7 Å². The van der Waals surface area contributed by atoms with Gasteiger partial charge in [-0.05, 0) is 32.4 Å². The third-order valence-electron chi connectivity index (χ3n) is 3.70. The van der Waals surface area contributed by atoms with Crippen LogP contribution in [0.5, 0.6) is 0 Å². The minimum absolute atomic E-state index is 0.0509. The Kier molecular flexibility index (Phi) is 5.84. The van der Waals surface area contributed by atoms with Gasteiger partial charge in [0.2, 0.25) is 17.6 Å². The van der Waals surface area contributed by atoms with E-state index in [9.17, 15) is 14.0 Å². The molecule has 2 aromatic rings. The number of carboxylic acid groups (broad SMARTS) is 1. The maximum atomic E-state index is 13.6. The summed E-state index contributed by atoms with van der Waals surface area (Å²) in [6.45, 7) is 4.80. The molecule has 0 unspecified atom stereocenters. The standard InChI is InChI=1S/C17H20FN3O4/c1-10(2)21(9-16(23)24)15(22)7-6-14-19-17(20-25-14)12-5-4-11(3)13(18)8-12/h4-5,8,10H,6-7,9H2,1-3H3,(H,23,24). The Morgan fingerprint density at radius 3 is 2.68 bits per heavy atom. The van der Waals surface area contributed by atoms with Gasteiger partial charge in [0, 0.05) is 24.4 Å². The lowest BCUT2D eigenvalue weighted by Gasteiger charge is -2.24. The molecule has 1 aromatic heterocycles. The van der Waals surface area contributed by atoms with E-state index in [1.807, 2.05) is 0 Å². The summed E-state index contributed by atoms with van der Waals surface area (Å²) in [4.78, 5) is 28.4. The number of carboxylic acids is 1. The van der Waals surface area contributed by atoms with E-state index in [2.05, 4.69) is 10.1 Å². The predicted octanol–water partition coefficient (Wildman–Crippen LogP) is 2.44. The van der Waals surface area contributed by atoms with Gasteiger partial charge in [-0.3, -0.25) is 9.59 Å². The van der Waals surface area contributed by atoms with E-state index in [1.54, 1.807) is 32.9 Å². The summed E-state index contributed by atoms with van der Waals surface area (Å²) in [7, 11) is 0. The fourth-order valence-corrected chi connectivity index (χ4v) is 2.27. The van der Waals surface area contributed by atoms with Gasteiger partial charge < -0.3 is 14.5 Å². The van der Waals surface area contributed by atoms with Crippen LogP contribution >= 0.6 is 0 Å². The van der Waals surface area contributed by atoms with Crippen molar-refractivity contribution in [2.45, 2.75) is 39.7 Å². The lowest BCUT2D eigenvalue weighted by atomic mass is 10.1. The van der Waals surface area contributed by atoms with E-state index in [0.717, 1.165) is 0 Å². The average molecular weight is 349 g/mol. The lowest BCUT2D eigenvalue weighted by Crippen LogP contribution is -2.40. The van der Waals surface area contributed by atoms with Crippen LogP contribution < -0.4 is 0 Å². The number of carbonyl (C=O) groups excluding carboxylic acids is 1. The summed E-state index contributed by atoms with van der Waals surface area (Å²) in [5.41, 5.74) is 1.00. The van der Waals surface area contributed by atoms with Crippen molar-refractivity contribution >= 4 is 11.9 Å². The molecule has 1 amide bonds. The molecule has 0 fully saturated rings. The lowest BCUT2D eigenvalue weighted by molar-refractivity contribution is -0.145. The first-order valence-electron chi connectivity index (χ1n) is 7.88. The summed E-state index contributed by atoms with van der Waals surface area (Å²) < 4.78 is 18.7. The first kappa shape index (κ1) is 18.6. The molecular weight excluding hydrogens is 329 g/mol. The Labute approximate surface area is 144 Å². The van der Waals surface area contributed by atoms with Crippen LogP contribution in [0.25, 0.3) is 11.4 Å². The molecule has 0 atom stereocenters. The first-order chi connectivity index (χ1) is 11.8. The molecule has 8 heteroatoms. The molecule has 0 saturated heterocycles. The normalized spacial score (nSPS) is 10.9. The van der Waals surface area contributed by atoms with Crippen molar-refractivity contribution in [1.82, 2.24) is 15.0 Å². The number of aromatic nitrogens is 2. The molecule has 0 aliphatic heterocycles. The Morgan fingerprint density at radius 2 is 2.08 bits per heavy atom. The Balaban J connectivity index is 2.02. The summed E-state index contributed by atoms with van der Waals surface area (Å²) in [5.74, 6) is -1.25. The van der Waals surface area contributed by atoms with E-state index in [0.29, 0.717) is 11.1 Å². The second kappa shape index (κ2) is 7.87. The Hall–Kier alpha value is -2.77. The van der Waals surface area contributed by atoms with Crippen molar-refractivity contribution in [1.29, 1.82) is 0 Å². The van der Waals surface area contributed by atoms with Gasteiger partial charge in [0.05, 0.1) is 0 Å². The number of amides is 1. The molecular formula is C17H20FN3O4. The van der Waals surface area contributed by atoms with Crippen LogP contribution in [-0.2, 0) is 16.0 Å². The second-order valence-corrected chi connectivity index (χ2v) is 5.98. The minimum Gasteiger partial charge on any atom is -0.480 e. The van der Waals surface area contributed by atoms with Crippen molar-refractivity contribution in [3.63, 3.8) is 0 Å². The number of aliphatic carboxylic acids is 1. The largest absolute Gasteiger partial charge is 0.480 e. The SMILES string of the molecule is Cc1ccc(-c2noc(CCC(=O)N(CC(=O)O)C(C)C)n2)cc1F. The molecule has 0 aliphatic carbocycles. The fourth-order valence-electron chi connectivity index (χ4n) is 2.27. The number of hydrogen-bond donors (Lipinski definition) is 1. The Morgan fingerprint density at radius 1 is 1.36 bits per heavy atom. The van der Waals surface area contributed by atoms with Crippen LogP contribution in [-0.4, -0.2) is 44.6 Å². The molecule has 2 rings (SSSR count).